The first-order valence-electron chi connectivity index (χ1n) is 11.3. The van der Waals surface area contributed by atoms with Crippen molar-refractivity contribution in [1.82, 2.24) is 19.7 Å². The number of hydrogen-bond acceptors (Lipinski definition) is 7. The monoisotopic (exact) mass is 454 g/mol. The number of thiophene rings is 1. The van der Waals surface area contributed by atoms with Gasteiger partial charge in [0, 0.05) is 56.5 Å². The Kier molecular flexibility index (Phi) is 7.68. The fraction of sp³-hybridized carbons (Fsp3) is 0.458. The second kappa shape index (κ2) is 10.8. The Labute approximate surface area is 193 Å². The van der Waals surface area contributed by atoms with Crippen LogP contribution in [0.2, 0.25) is 0 Å². The van der Waals surface area contributed by atoms with Gasteiger partial charge >= 0.3 is 0 Å². The van der Waals surface area contributed by atoms with Gasteiger partial charge in [0.1, 0.15) is 5.70 Å². The quantitative estimate of drug-likeness (QED) is 0.514. The number of carbonyl (C=O) groups is 2. The summed E-state index contributed by atoms with van der Waals surface area (Å²) in [7, 11) is 0. The van der Waals surface area contributed by atoms with Gasteiger partial charge in [-0.2, -0.15) is 0 Å². The van der Waals surface area contributed by atoms with Crippen molar-refractivity contribution in [3.05, 3.63) is 58.2 Å². The molecular weight excluding hydrogens is 424 g/mol. The predicted molar refractivity (Wildman–Crippen MR) is 125 cm³/mol. The summed E-state index contributed by atoms with van der Waals surface area (Å²) in [6.45, 7) is 7.98. The Morgan fingerprint density at radius 3 is 2.56 bits per heavy atom. The highest BCUT2D eigenvalue weighted by Gasteiger charge is 2.41. The predicted octanol–water partition coefficient (Wildman–Crippen LogP) is 2.51. The molecule has 0 N–H and O–H groups in total. The first-order chi connectivity index (χ1) is 15.7. The third kappa shape index (κ3) is 5.09. The molecule has 170 valence electrons. The van der Waals surface area contributed by atoms with E-state index in [0.29, 0.717) is 30.9 Å². The molecule has 0 atom stereocenters. The van der Waals surface area contributed by atoms with Crippen LogP contribution in [-0.2, 0) is 20.7 Å². The van der Waals surface area contributed by atoms with Gasteiger partial charge in [-0.05, 0) is 48.9 Å². The van der Waals surface area contributed by atoms with Gasteiger partial charge in [-0.1, -0.05) is 6.07 Å². The van der Waals surface area contributed by atoms with Crippen molar-refractivity contribution in [2.75, 3.05) is 52.5 Å². The highest BCUT2D eigenvalue weighted by Crippen LogP contribution is 2.34. The Morgan fingerprint density at radius 1 is 1.09 bits per heavy atom. The third-order valence-electron chi connectivity index (χ3n) is 5.99. The molecule has 4 heterocycles. The Hall–Kier alpha value is -2.55. The largest absolute Gasteiger partial charge is 0.379 e. The second-order valence-corrected chi connectivity index (χ2v) is 8.90. The number of aromatic nitrogens is 1. The minimum absolute atomic E-state index is 0.169. The molecule has 2 aliphatic rings. The van der Waals surface area contributed by atoms with Crippen molar-refractivity contribution in [3.8, 4) is 0 Å². The topological polar surface area (TPSA) is 66.0 Å². The van der Waals surface area contributed by atoms with Crippen LogP contribution in [0.25, 0.3) is 5.57 Å². The molecule has 2 aromatic heterocycles. The first-order valence-corrected chi connectivity index (χ1v) is 12.1. The molecule has 0 saturated carbocycles. The van der Waals surface area contributed by atoms with E-state index in [1.807, 2.05) is 36.6 Å². The number of likely N-dealkylation sites (N-methyl/N-ethyl adjacent to an activating group) is 1. The minimum Gasteiger partial charge on any atom is -0.379 e. The van der Waals surface area contributed by atoms with Gasteiger partial charge in [0.25, 0.3) is 11.8 Å². The van der Waals surface area contributed by atoms with Crippen LogP contribution in [-0.4, -0.2) is 84.0 Å². The number of nitrogens with zero attached hydrogens (tertiary/aromatic N) is 4. The van der Waals surface area contributed by atoms with Crippen LogP contribution in [0.1, 0.15) is 23.8 Å². The molecule has 0 aliphatic carbocycles. The van der Waals surface area contributed by atoms with Crippen molar-refractivity contribution < 1.29 is 14.3 Å². The molecule has 0 unspecified atom stereocenters. The number of carbonyl (C=O) groups excluding carboxylic acids is 2. The van der Waals surface area contributed by atoms with E-state index in [1.165, 1.54) is 16.2 Å². The van der Waals surface area contributed by atoms with Crippen molar-refractivity contribution >= 4 is 28.7 Å². The molecular formula is C24H30N4O3S. The highest BCUT2D eigenvalue weighted by atomic mass is 32.1. The summed E-state index contributed by atoms with van der Waals surface area (Å²) in [5, 5.41) is 1.95. The van der Waals surface area contributed by atoms with Gasteiger partial charge in [-0.25, -0.2) is 0 Å². The summed E-state index contributed by atoms with van der Waals surface area (Å²) in [6, 6.07) is 7.83. The van der Waals surface area contributed by atoms with E-state index < -0.39 is 0 Å². The second-order valence-electron chi connectivity index (χ2n) is 7.96. The van der Waals surface area contributed by atoms with E-state index in [1.54, 1.807) is 12.4 Å². The van der Waals surface area contributed by atoms with Gasteiger partial charge in [-0.15, -0.1) is 11.3 Å². The number of pyridine rings is 1. The van der Waals surface area contributed by atoms with Crippen LogP contribution in [0.15, 0.2) is 47.7 Å². The van der Waals surface area contributed by atoms with Crippen LogP contribution in [0.3, 0.4) is 0 Å². The zero-order valence-corrected chi connectivity index (χ0v) is 19.4. The lowest BCUT2D eigenvalue weighted by Crippen LogP contribution is -2.40. The number of ether oxygens (including phenoxy) is 1. The standard InChI is InChI=1S/C24H30N4O3S/c1-2-27(13-8-19-6-9-25-10-7-19)22-21(20-5-3-18-32-20)23(29)28(24(22)30)12-4-11-26-14-16-31-17-15-26/h3,5-7,9-10,18H,2,4,8,11-17H2,1H3. The van der Waals surface area contributed by atoms with Crippen LogP contribution in [0.4, 0.5) is 0 Å². The van der Waals surface area contributed by atoms with Crippen LogP contribution in [0.5, 0.6) is 0 Å². The normalized spacial score (nSPS) is 17.5. The molecule has 0 bridgehead atoms. The van der Waals surface area contributed by atoms with Gasteiger partial charge in [0.05, 0.1) is 18.8 Å². The minimum atomic E-state index is -0.170. The molecule has 4 rings (SSSR count). The fourth-order valence-electron chi connectivity index (χ4n) is 4.22. The number of morpholine rings is 1. The smallest absolute Gasteiger partial charge is 0.277 e. The molecule has 2 aliphatic heterocycles. The molecule has 1 fully saturated rings. The molecule has 2 aromatic rings. The number of rotatable bonds is 10. The maximum atomic E-state index is 13.5. The lowest BCUT2D eigenvalue weighted by molar-refractivity contribution is -0.137. The lowest BCUT2D eigenvalue weighted by Gasteiger charge is -2.27. The van der Waals surface area contributed by atoms with E-state index in [9.17, 15) is 9.59 Å². The molecule has 2 amide bonds. The van der Waals surface area contributed by atoms with Gasteiger partial charge in [-0.3, -0.25) is 24.4 Å². The summed E-state index contributed by atoms with van der Waals surface area (Å²) in [5.74, 6) is -0.339. The fourth-order valence-corrected chi connectivity index (χ4v) is 4.98. The summed E-state index contributed by atoms with van der Waals surface area (Å²) in [6.07, 6.45) is 5.12. The van der Waals surface area contributed by atoms with Gasteiger partial charge in [0.2, 0.25) is 0 Å². The van der Waals surface area contributed by atoms with E-state index in [2.05, 4.69) is 14.8 Å². The maximum absolute atomic E-state index is 13.5. The van der Waals surface area contributed by atoms with Crippen molar-refractivity contribution in [1.29, 1.82) is 0 Å². The van der Waals surface area contributed by atoms with Gasteiger partial charge in [0.15, 0.2) is 0 Å². The van der Waals surface area contributed by atoms with E-state index >= 15 is 0 Å². The van der Waals surface area contributed by atoms with Gasteiger partial charge < -0.3 is 9.64 Å². The molecule has 7 nitrogen and oxygen atoms in total. The van der Waals surface area contributed by atoms with Crippen LogP contribution >= 0.6 is 11.3 Å². The molecule has 32 heavy (non-hydrogen) atoms. The van der Waals surface area contributed by atoms with Crippen molar-refractivity contribution in [3.63, 3.8) is 0 Å². The Balaban J connectivity index is 1.50. The zero-order valence-electron chi connectivity index (χ0n) is 18.5. The summed E-state index contributed by atoms with van der Waals surface area (Å²) in [5.41, 5.74) is 2.25. The van der Waals surface area contributed by atoms with E-state index in [0.717, 1.165) is 56.1 Å². The first kappa shape index (κ1) is 22.6. The van der Waals surface area contributed by atoms with E-state index in [4.69, 9.17) is 4.74 Å². The van der Waals surface area contributed by atoms with Crippen molar-refractivity contribution in [2.45, 2.75) is 19.8 Å². The average molecular weight is 455 g/mol. The highest BCUT2D eigenvalue weighted by molar-refractivity contribution is 7.11. The lowest BCUT2D eigenvalue weighted by atomic mass is 10.1. The Bertz CT molecular complexity index is 939. The summed E-state index contributed by atoms with van der Waals surface area (Å²) < 4.78 is 5.40. The maximum Gasteiger partial charge on any atom is 0.277 e. The SMILES string of the molecule is CCN(CCc1ccncc1)C1=C(c2cccs2)C(=O)N(CCCN2CCOCC2)C1=O. The number of amides is 2. The molecule has 1 saturated heterocycles. The number of hydrogen-bond donors (Lipinski definition) is 0. The van der Waals surface area contributed by atoms with Crippen LogP contribution < -0.4 is 0 Å². The van der Waals surface area contributed by atoms with E-state index in [-0.39, 0.29) is 11.8 Å². The summed E-state index contributed by atoms with van der Waals surface area (Å²) in [4.78, 5) is 37.6. The molecule has 0 aromatic carbocycles. The van der Waals surface area contributed by atoms with Crippen molar-refractivity contribution in [2.24, 2.45) is 0 Å². The third-order valence-corrected chi connectivity index (χ3v) is 6.88. The zero-order chi connectivity index (χ0) is 22.3. The molecule has 0 spiro atoms. The Morgan fingerprint density at radius 2 is 1.88 bits per heavy atom. The van der Waals surface area contributed by atoms with Crippen LogP contribution in [0, 0.1) is 0 Å². The molecule has 8 heteroatoms. The average Bonchev–Trinajstić information content (AvgIpc) is 3.44. The summed E-state index contributed by atoms with van der Waals surface area (Å²) >= 11 is 1.51. The number of imide groups is 1. The molecule has 0 radical (unpaired) electrons.